The zero-order valence-corrected chi connectivity index (χ0v) is 12.5. The van der Waals surface area contributed by atoms with Gasteiger partial charge in [-0.25, -0.2) is 0 Å². The van der Waals surface area contributed by atoms with Crippen LogP contribution >= 0.6 is 0 Å². The first-order chi connectivity index (χ1) is 10.0. The van der Waals surface area contributed by atoms with Crippen LogP contribution < -0.4 is 5.32 Å². The fraction of sp³-hybridized carbons (Fsp3) is 0.800. The lowest BCUT2D eigenvalue weighted by atomic mass is 9.78. The Kier molecular flexibility index (Phi) is 5.20. The van der Waals surface area contributed by atoms with Gasteiger partial charge < -0.3 is 15.3 Å². The highest BCUT2D eigenvalue weighted by molar-refractivity contribution is 5.85. The molecule has 6 heteroatoms. The number of carboxylic acids is 1. The maximum absolute atomic E-state index is 12.6. The monoisotopic (exact) mass is 296 g/mol. The van der Waals surface area contributed by atoms with E-state index in [1.165, 1.54) is 0 Å². The Balaban J connectivity index is 1.94. The molecule has 1 aliphatic heterocycles. The van der Waals surface area contributed by atoms with Gasteiger partial charge in [-0.15, -0.1) is 0 Å². The molecular weight excluding hydrogens is 272 g/mol. The summed E-state index contributed by atoms with van der Waals surface area (Å²) in [5.74, 6) is -1.80. The quantitative estimate of drug-likeness (QED) is 0.809. The third kappa shape index (κ3) is 3.54. The van der Waals surface area contributed by atoms with Gasteiger partial charge in [0.05, 0.1) is 11.8 Å². The predicted octanol–water partition coefficient (Wildman–Crippen LogP) is 0.862. The standard InChI is InChI=1S/C15H24N2O4/c1-16-13(18)10-6-8-17(9-7-10)14(19)11-4-2-3-5-12(11)15(20)21/h10-12H,2-9H2,1H3,(H,16,18)(H,20,21). The number of aliphatic carboxylic acids is 1. The molecule has 21 heavy (non-hydrogen) atoms. The van der Waals surface area contributed by atoms with Gasteiger partial charge in [-0.05, 0) is 25.7 Å². The van der Waals surface area contributed by atoms with Crippen LogP contribution in [-0.4, -0.2) is 47.9 Å². The lowest BCUT2D eigenvalue weighted by Crippen LogP contribution is -2.47. The summed E-state index contributed by atoms with van der Waals surface area (Å²) in [7, 11) is 1.62. The van der Waals surface area contributed by atoms with Crippen LogP contribution in [0, 0.1) is 17.8 Å². The lowest BCUT2D eigenvalue weighted by molar-refractivity contribution is -0.153. The van der Waals surface area contributed by atoms with Crippen molar-refractivity contribution < 1.29 is 19.5 Å². The Morgan fingerprint density at radius 3 is 2.10 bits per heavy atom. The summed E-state index contributed by atoms with van der Waals surface area (Å²) in [6.45, 7) is 1.11. The summed E-state index contributed by atoms with van der Waals surface area (Å²) in [5.41, 5.74) is 0. The molecule has 2 amide bonds. The highest BCUT2D eigenvalue weighted by Crippen LogP contribution is 2.32. The third-order valence-corrected chi connectivity index (χ3v) is 4.82. The first-order valence-electron chi connectivity index (χ1n) is 7.77. The van der Waals surface area contributed by atoms with Crippen molar-refractivity contribution in [2.75, 3.05) is 20.1 Å². The number of carboxylic acid groups (broad SMARTS) is 1. The number of likely N-dealkylation sites (tertiary alicyclic amines) is 1. The van der Waals surface area contributed by atoms with Gasteiger partial charge in [0.1, 0.15) is 0 Å². The van der Waals surface area contributed by atoms with Crippen molar-refractivity contribution in [1.82, 2.24) is 10.2 Å². The van der Waals surface area contributed by atoms with Crippen LogP contribution in [0.1, 0.15) is 38.5 Å². The van der Waals surface area contributed by atoms with Gasteiger partial charge in [-0.3, -0.25) is 14.4 Å². The summed E-state index contributed by atoms with van der Waals surface area (Å²) in [6.07, 6.45) is 4.41. The molecule has 2 N–H and O–H groups in total. The summed E-state index contributed by atoms with van der Waals surface area (Å²) >= 11 is 0. The minimum atomic E-state index is -0.853. The average Bonchev–Trinajstić information content (AvgIpc) is 2.53. The van der Waals surface area contributed by atoms with E-state index < -0.39 is 11.9 Å². The smallest absolute Gasteiger partial charge is 0.307 e. The molecule has 2 atom stereocenters. The number of piperidine rings is 1. The molecule has 0 aromatic heterocycles. The van der Waals surface area contributed by atoms with Crippen molar-refractivity contribution in [3.05, 3.63) is 0 Å². The molecule has 2 rings (SSSR count). The molecule has 1 saturated carbocycles. The van der Waals surface area contributed by atoms with Crippen LogP contribution in [0.4, 0.5) is 0 Å². The lowest BCUT2D eigenvalue weighted by Gasteiger charge is -2.36. The van der Waals surface area contributed by atoms with Crippen molar-refractivity contribution in [2.24, 2.45) is 17.8 Å². The SMILES string of the molecule is CNC(=O)C1CCN(C(=O)C2CCCCC2C(=O)O)CC1. The summed E-state index contributed by atoms with van der Waals surface area (Å²) < 4.78 is 0. The number of rotatable bonds is 3. The van der Waals surface area contributed by atoms with Crippen molar-refractivity contribution >= 4 is 17.8 Å². The van der Waals surface area contributed by atoms with Crippen LogP contribution in [0.5, 0.6) is 0 Å². The van der Waals surface area contributed by atoms with Crippen molar-refractivity contribution in [3.63, 3.8) is 0 Å². The highest BCUT2D eigenvalue weighted by atomic mass is 16.4. The van der Waals surface area contributed by atoms with Gasteiger partial charge in [0.15, 0.2) is 0 Å². The molecule has 0 spiro atoms. The van der Waals surface area contributed by atoms with Crippen LogP contribution in [0.3, 0.4) is 0 Å². The van der Waals surface area contributed by atoms with E-state index >= 15 is 0 Å². The molecule has 1 aliphatic carbocycles. The van der Waals surface area contributed by atoms with Crippen molar-refractivity contribution in [2.45, 2.75) is 38.5 Å². The van der Waals surface area contributed by atoms with E-state index in [4.69, 9.17) is 0 Å². The van der Waals surface area contributed by atoms with Gasteiger partial charge in [0, 0.05) is 26.1 Å². The molecule has 0 bridgehead atoms. The summed E-state index contributed by atoms with van der Waals surface area (Å²) in [4.78, 5) is 37.2. The molecule has 0 aromatic rings. The van der Waals surface area contributed by atoms with E-state index in [2.05, 4.69) is 5.32 Å². The Bertz CT molecular complexity index is 416. The molecule has 0 aromatic carbocycles. The maximum Gasteiger partial charge on any atom is 0.307 e. The zero-order valence-electron chi connectivity index (χ0n) is 12.5. The second kappa shape index (κ2) is 6.91. The van der Waals surface area contributed by atoms with E-state index in [9.17, 15) is 19.5 Å². The number of carbonyl (C=O) groups excluding carboxylic acids is 2. The van der Waals surface area contributed by atoms with Gasteiger partial charge >= 0.3 is 5.97 Å². The van der Waals surface area contributed by atoms with Crippen LogP contribution in [0.25, 0.3) is 0 Å². The van der Waals surface area contributed by atoms with Crippen LogP contribution in [0.15, 0.2) is 0 Å². The van der Waals surface area contributed by atoms with E-state index in [0.717, 1.165) is 12.8 Å². The second-order valence-electron chi connectivity index (χ2n) is 6.05. The Labute approximate surface area is 124 Å². The number of nitrogens with zero attached hydrogens (tertiary/aromatic N) is 1. The van der Waals surface area contributed by atoms with E-state index in [1.54, 1.807) is 11.9 Å². The highest BCUT2D eigenvalue weighted by Gasteiger charge is 2.39. The van der Waals surface area contributed by atoms with Crippen LogP contribution in [-0.2, 0) is 14.4 Å². The number of carbonyl (C=O) groups is 3. The van der Waals surface area contributed by atoms with E-state index in [1.807, 2.05) is 0 Å². The fourth-order valence-electron chi connectivity index (χ4n) is 3.52. The first kappa shape index (κ1) is 15.8. The van der Waals surface area contributed by atoms with Crippen LogP contribution in [0.2, 0.25) is 0 Å². The number of hydrogen-bond acceptors (Lipinski definition) is 3. The Morgan fingerprint density at radius 2 is 1.57 bits per heavy atom. The average molecular weight is 296 g/mol. The van der Waals surface area contributed by atoms with Gasteiger partial charge in [0.25, 0.3) is 0 Å². The molecule has 2 unspecified atom stereocenters. The molecule has 1 heterocycles. The number of hydrogen-bond donors (Lipinski definition) is 2. The maximum atomic E-state index is 12.6. The Hall–Kier alpha value is -1.59. The first-order valence-corrected chi connectivity index (χ1v) is 7.77. The second-order valence-corrected chi connectivity index (χ2v) is 6.05. The summed E-state index contributed by atoms with van der Waals surface area (Å²) in [6, 6.07) is 0. The van der Waals surface area contributed by atoms with Crippen molar-refractivity contribution in [3.8, 4) is 0 Å². The molecule has 2 fully saturated rings. The molecular formula is C15H24N2O4. The normalized spacial score (nSPS) is 27.2. The minimum Gasteiger partial charge on any atom is -0.481 e. The molecule has 0 radical (unpaired) electrons. The van der Waals surface area contributed by atoms with Gasteiger partial charge in [-0.2, -0.15) is 0 Å². The zero-order chi connectivity index (χ0) is 15.4. The van der Waals surface area contributed by atoms with E-state index in [-0.39, 0.29) is 23.7 Å². The molecule has 1 saturated heterocycles. The molecule has 6 nitrogen and oxygen atoms in total. The molecule has 118 valence electrons. The third-order valence-electron chi connectivity index (χ3n) is 4.82. The van der Waals surface area contributed by atoms with Gasteiger partial charge in [0.2, 0.25) is 11.8 Å². The minimum absolute atomic E-state index is 0.0272. The molecule has 2 aliphatic rings. The predicted molar refractivity (Wildman–Crippen MR) is 76.5 cm³/mol. The van der Waals surface area contributed by atoms with E-state index in [0.29, 0.717) is 38.8 Å². The Morgan fingerprint density at radius 1 is 1.00 bits per heavy atom. The topological polar surface area (TPSA) is 86.7 Å². The summed E-state index contributed by atoms with van der Waals surface area (Å²) in [5, 5.41) is 11.9. The number of nitrogens with one attached hydrogen (secondary N) is 1. The van der Waals surface area contributed by atoms with Crippen molar-refractivity contribution in [1.29, 1.82) is 0 Å². The largest absolute Gasteiger partial charge is 0.481 e. The van der Waals surface area contributed by atoms with Gasteiger partial charge in [-0.1, -0.05) is 12.8 Å². The fourth-order valence-corrected chi connectivity index (χ4v) is 3.52. The number of amides is 2.